The van der Waals surface area contributed by atoms with Crippen molar-refractivity contribution in [2.75, 3.05) is 18.6 Å². The molecule has 0 unspecified atom stereocenters. The van der Waals surface area contributed by atoms with Crippen LogP contribution in [-0.2, 0) is 0 Å². The molecule has 66 valence electrons. The summed E-state index contributed by atoms with van der Waals surface area (Å²) in [6.45, 7) is 2.74. The number of carbonyl (C=O) groups excluding carboxylic acids is 1. The molecule has 1 aromatic rings. The average Bonchev–Trinajstić information content (AvgIpc) is 2.51. The van der Waals surface area contributed by atoms with Crippen molar-refractivity contribution < 1.29 is 4.79 Å². The Bertz CT molecular complexity index is 281. The largest absolute Gasteiger partial charge is 0.363 e. The Hall–Kier alpha value is -1.59. The van der Waals surface area contributed by atoms with Gasteiger partial charge in [-0.1, -0.05) is 0 Å². The molecule has 0 aliphatic rings. The Labute approximate surface area is 69.9 Å². The molecular weight excluding hydrogens is 158 g/mol. The zero-order valence-corrected chi connectivity index (χ0v) is 7.06. The van der Waals surface area contributed by atoms with Crippen molar-refractivity contribution in [3.05, 3.63) is 12.2 Å². The van der Waals surface area contributed by atoms with Crippen molar-refractivity contribution in [3.63, 3.8) is 0 Å². The van der Waals surface area contributed by atoms with Gasteiger partial charge in [0.2, 0.25) is 5.82 Å². The summed E-state index contributed by atoms with van der Waals surface area (Å²) in [7, 11) is 1.83. The first-order valence-electron chi connectivity index (χ1n) is 3.58. The maximum absolute atomic E-state index is 10.6. The molecule has 1 rings (SSSR count). The molecule has 1 heterocycles. The van der Waals surface area contributed by atoms with Gasteiger partial charge in [-0.05, 0) is 6.92 Å². The van der Waals surface area contributed by atoms with Gasteiger partial charge in [-0.3, -0.25) is 9.80 Å². The Morgan fingerprint density at radius 1 is 1.83 bits per heavy atom. The third-order valence-corrected chi connectivity index (χ3v) is 1.51. The van der Waals surface area contributed by atoms with E-state index < -0.39 is 5.91 Å². The smallest absolute Gasteiger partial charge is 0.288 e. The van der Waals surface area contributed by atoms with E-state index in [-0.39, 0.29) is 5.82 Å². The number of hydrogen-bond acceptors (Lipinski definition) is 4. The molecule has 2 N–H and O–H groups in total. The molecule has 6 heteroatoms. The molecule has 0 aromatic carbocycles. The first kappa shape index (κ1) is 8.51. The van der Waals surface area contributed by atoms with Crippen molar-refractivity contribution in [2.24, 2.45) is 5.73 Å². The number of nitrogens with zero attached hydrogens (tertiary/aromatic N) is 4. The Morgan fingerprint density at radius 2 is 2.50 bits per heavy atom. The number of carbonyl (C=O) groups is 1. The van der Waals surface area contributed by atoms with Gasteiger partial charge < -0.3 is 5.73 Å². The number of primary amides is 1. The van der Waals surface area contributed by atoms with Crippen LogP contribution in [0.4, 0.5) is 0 Å². The summed E-state index contributed by atoms with van der Waals surface area (Å²) in [6, 6.07) is 0. The maximum Gasteiger partial charge on any atom is 0.288 e. The minimum absolute atomic E-state index is 0.0373. The molecule has 0 aliphatic heterocycles. The molecule has 1 amide bonds. The van der Waals surface area contributed by atoms with Gasteiger partial charge in [-0.15, -0.1) is 5.10 Å². The van der Waals surface area contributed by atoms with Gasteiger partial charge in [-0.2, -0.15) is 4.79 Å². The Balaban J connectivity index is 2.84. The SMILES string of the molecule is CCN(C)n1cnc(C(N)=O)n1. The van der Waals surface area contributed by atoms with E-state index in [0.29, 0.717) is 0 Å². The van der Waals surface area contributed by atoms with E-state index in [9.17, 15) is 4.79 Å². The number of nitrogens with two attached hydrogens (primary N) is 1. The molecular formula is C6H11N5O. The van der Waals surface area contributed by atoms with Crippen LogP contribution in [0.15, 0.2) is 6.33 Å². The Kier molecular flexibility index (Phi) is 2.27. The lowest BCUT2D eigenvalue weighted by Crippen LogP contribution is -2.30. The molecule has 0 saturated heterocycles. The predicted molar refractivity (Wildman–Crippen MR) is 43.2 cm³/mol. The molecule has 0 bridgehead atoms. The number of aromatic nitrogens is 3. The first-order valence-corrected chi connectivity index (χ1v) is 3.58. The summed E-state index contributed by atoms with van der Waals surface area (Å²) in [6.07, 6.45) is 1.45. The molecule has 0 fully saturated rings. The number of hydrogen-bond donors (Lipinski definition) is 1. The average molecular weight is 169 g/mol. The second kappa shape index (κ2) is 3.21. The van der Waals surface area contributed by atoms with Crippen LogP contribution in [0, 0.1) is 0 Å². The van der Waals surface area contributed by atoms with Gasteiger partial charge in [0.25, 0.3) is 5.91 Å². The fraction of sp³-hybridized carbons (Fsp3) is 0.500. The van der Waals surface area contributed by atoms with Crippen molar-refractivity contribution in [1.82, 2.24) is 14.9 Å². The highest BCUT2D eigenvalue weighted by Gasteiger charge is 2.07. The molecule has 0 aliphatic carbocycles. The van der Waals surface area contributed by atoms with E-state index in [0.717, 1.165) is 6.54 Å². The quantitative estimate of drug-likeness (QED) is 0.627. The number of amides is 1. The standard InChI is InChI=1S/C6H11N5O/c1-3-10(2)11-4-8-6(9-11)5(7)12/h4H,3H2,1-2H3,(H2,7,12). The molecule has 6 nitrogen and oxygen atoms in total. The van der Waals surface area contributed by atoms with Crippen LogP contribution in [0.3, 0.4) is 0 Å². The van der Waals surface area contributed by atoms with Gasteiger partial charge >= 0.3 is 0 Å². The summed E-state index contributed by atoms with van der Waals surface area (Å²) in [5.41, 5.74) is 4.97. The highest BCUT2D eigenvalue weighted by atomic mass is 16.1. The van der Waals surface area contributed by atoms with E-state index in [4.69, 9.17) is 5.73 Å². The van der Waals surface area contributed by atoms with Crippen LogP contribution in [0.1, 0.15) is 17.5 Å². The van der Waals surface area contributed by atoms with Crippen LogP contribution in [-0.4, -0.2) is 34.4 Å². The topological polar surface area (TPSA) is 77.0 Å². The molecule has 1 aromatic heterocycles. The van der Waals surface area contributed by atoms with Gasteiger partial charge in [0.05, 0.1) is 0 Å². The van der Waals surface area contributed by atoms with Gasteiger partial charge in [0.15, 0.2) is 0 Å². The van der Waals surface area contributed by atoms with Crippen molar-refractivity contribution in [1.29, 1.82) is 0 Å². The summed E-state index contributed by atoms with van der Waals surface area (Å²) >= 11 is 0. The van der Waals surface area contributed by atoms with E-state index in [1.807, 2.05) is 14.0 Å². The lowest BCUT2D eigenvalue weighted by Gasteiger charge is -2.14. The van der Waals surface area contributed by atoms with Crippen LogP contribution in [0.25, 0.3) is 0 Å². The van der Waals surface area contributed by atoms with E-state index >= 15 is 0 Å². The highest BCUT2D eigenvalue weighted by molar-refractivity contribution is 5.88. The van der Waals surface area contributed by atoms with Crippen molar-refractivity contribution >= 4 is 5.91 Å². The lowest BCUT2D eigenvalue weighted by atomic mass is 10.6. The van der Waals surface area contributed by atoms with Crippen LogP contribution >= 0.6 is 0 Å². The van der Waals surface area contributed by atoms with Crippen molar-refractivity contribution in [2.45, 2.75) is 6.92 Å². The summed E-state index contributed by atoms with van der Waals surface area (Å²) in [5.74, 6) is -0.575. The first-order chi connectivity index (χ1) is 5.65. The third-order valence-electron chi connectivity index (χ3n) is 1.51. The van der Waals surface area contributed by atoms with Gasteiger partial charge in [-0.25, -0.2) is 4.98 Å². The summed E-state index contributed by atoms with van der Waals surface area (Å²) in [5, 5.41) is 5.63. The fourth-order valence-corrected chi connectivity index (χ4v) is 0.677. The predicted octanol–water partition coefficient (Wildman–Crippen LogP) is -1.04. The zero-order valence-electron chi connectivity index (χ0n) is 7.06. The van der Waals surface area contributed by atoms with Crippen LogP contribution in [0.5, 0.6) is 0 Å². The highest BCUT2D eigenvalue weighted by Crippen LogP contribution is 1.88. The van der Waals surface area contributed by atoms with E-state index in [2.05, 4.69) is 10.1 Å². The maximum atomic E-state index is 10.6. The normalized spacial score (nSPS) is 9.83. The zero-order chi connectivity index (χ0) is 9.14. The molecule has 12 heavy (non-hydrogen) atoms. The van der Waals surface area contributed by atoms with Crippen LogP contribution in [0.2, 0.25) is 0 Å². The number of rotatable bonds is 3. The van der Waals surface area contributed by atoms with Gasteiger partial charge in [0.1, 0.15) is 6.33 Å². The lowest BCUT2D eigenvalue weighted by molar-refractivity contribution is 0.0990. The third kappa shape index (κ3) is 1.52. The molecule has 0 saturated carbocycles. The fourth-order valence-electron chi connectivity index (χ4n) is 0.677. The minimum Gasteiger partial charge on any atom is -0.363 e. The molecule has 0 atom stereocenters. The molecule has 0 radical (unpaired) electrons. The minimum atomic E-state index is -0.613. The second-order valence-electron chi connectivity index (χ2n) is 2.33. The molecule has 0 spiro atoms. The summed E-state index contributed by atoms with van der Waals surface area (Å²) in [4.78, 5) is 15.8. The van der Waals surface area contributed by atoms with E-state index in [1.165, 1.54) is 11.1 Å². The van der Waals surface area contributed by atoms with E-state index in [1.54, 1.807) is 5.01 Å². The second-order valence-corrected chi connectivity index (χ2v) is 2.33. The van der Waals surface area contributed by atoms with Crippen LogP contribution < -0.4 is 10.7 Å². The monoisotopic (exact) mass is 169 g/mol. The Morgan fingerprint density at radius 3 is 2.92 bits per heavy atom. The summed E-state index contributed by atoms with van der Waals surface area (Å²) < 4.78 is 0. The van der Waals surface area contributed by atoms with Gasteiger partial charge in [0, 0.05) is 13.6 Å². The van der Waals surface area contributed by atoms with Crippen molar-refractivity contribution in [3.8, 4) is 0 Å².